The molecule has 2 heterocycles. The van der Waals surface area contributed by atoms with Gasteiger partial charge >= 0.3 is 6.03 Å². The van der Waals surface area contributed by atoms with E-state index in [9.17, 15) is 9.59 Å². The standard InChI is InChI=1S/C15H21N3O2S/c19-13-10-18(8-7-16-13)15(20)17-14(11-4-1-2-5-11)12-6-3-9-21-12/h3,6,9,11,14H,1-2,4-5,7-8,10H2,(H,16,19)(H,17,20)/t14-/m1/s1. The zero-order valence-electron chi connectivity index (χ0n) is 12.0. The molecule has 1 saturated heterocycles. The summed E-state index contributed by atoms with van der Waals surface area (Å²) in [5, 5.41) is 7.97. The number of urea groups is 1. The molecule has 1 aromatic rings. The van der Waals surface area contributed by atoms with E-state index < -0.39 is 0 Å². The largest absolute Gasteiger partial charge is 0.353 e. The average Bonchev–Trinajstić information content (AvgIpc) is 3.18. The molecule has 5 nitrogen and oxygen atoms in total. The molecular weight excluding hydrogens is 286 g/mol. The highest BCUT2D eigenvalue weighted by Crippen LogP contribution is 2.37. The van der Waals surface area contributed by atoms with Crippen LogP contribution in [0.15, 0.2) is 17.5 Å². The minimum Gasteiger partial charge on any atom is -0.353 e. The molecule has 3 rings (SSSR count). The fraction of sp³-hybridized carbons (Fsp3) is 0.600. The van der Waals surface area contributed by atoms with E-state index in [4.69, 9.17) is 0 Å². The van der Waals surface area contributed by atoms with Gasteiger partial charge in [-0.3, -0.25) is 4.79 Å². The Morgan fingerprint density at radius 1 is 1.43 bits per heavy atom. The smallest absolute Gasteiger partial charge is 0.318 e. The van der Waals surface area contributed by atoms with Crippen LogP contribution >= 0.6 is 11.3 Å². The topological polar surface area (TPSA) is 61.4 Å². The van der Waals surface area contributed by atoms with Crippen molar-refractivity contribution in [1.82, 2.24) is 15.5 Å². The van der Waals surface area contributed by atoms with E-state index in [1.54, 1.807) is 16.2 Å². The van der Waals surface area contributed by atoms with Crippen LogP contribution in [0.4, 0.5) is 4.79 Å². The maximum Gasteiger partial charge on any atom is 0.318 e. The molecule has 0 aromatic carbocycles. The Morgan fingerprint density at radius 2 is 2.24 bits per heavy atom. The highest BCUT2D eigenvalue weighted by Gasteiger charge is 2.30. The van der Waals surface area contributed by atoms with E-state index >= 15 is 0 Å². The number of rotatable bonds is 3. The van der Waals surface area contributed by atoms with Gasteiger partial charge < -0.3 is 15.5 Å². The lowest BCUT2D eigenvalue weighted by Gasteiger charge is -2.31. The Morgan fingerprint density at radius 3 is 2.90 bits per heavy atom. The molecule has 1 aromatic heterocycles. The monoisotopic (exact) mass is 307 g/mol. The summed E-state index contributed by atoms with van der Waals surface area (Å²) in [5.74, 6) is 0.441. The maximum absolute atomic E-state index is 12.4. The van der Waals surface area contributed by atoms with Crippen molar-refractivity contribution >= 4 is 23.3 Å². The van der Waals surface area contributed by atoms with Gasteiger partial charge in [-0.1, -0.05) is 18.9 Å². The van der Waals surface area contributed by atoms with Gasteiger partial charge in [-0.05, 0) is 30.2 Å². The second kappa shape index (κ2) is 6.47. The zero-order chi connectivity index (χ0) is 14.7. The van der Waals surface area contributed by atoms with Crippen molar-refractivity contribution in [2.75, 3.05) is 19.6 Å². The van der Waals surface area contributed by atoms with E-state index in [2.05, 4.69) is 22.1 Å². The third-order valence-corrected chi connectivity index (χ3v) is 5.28. The number of carbonyl (C=O) groups is 2. The fourth-order valence-electron chi connectivity index (χ4n) is 3.22. The summed E-state index contributed by atoms with van der Waals surface area (Å²) in [5.41, 5.74) is 0. The molecule has 1 saturated carbocycles. The molecule has 2 N–H and O–H groups in total. The highest BCUT2D eigenvalue weighted by atomic mass is 32.1. The number of piperazine rings is 1. The van der Waals surface area contributed by atoms with E-state index in [0.29, 0.717) is 19.0 Å². The van der Waals surface area contributed by atoms with E-state index in [0.717, 1.165) is 0 Å². The van der Waals surface area contributed by atoms with Crippen LogP contribution in [0.25, 0.3) is 0 Å². The molecule has 2 fully saturated rings. The quantitative estimate of drug-likeness (QED) is 0.898. The van der Waals surface area contributed by atoms with Gasteiger partial charge in [-0.25, -0.2) is 4.79 Å². The number of amides is 3. The van der Waals surface area contributed by atoms with Gasteiger partial charge in [0.05, 0.1) is 6.04 Å². The van der Waals surface area contributed by atoms with Gasteiger partial charge in [0, 0.05) is 18.0 Å². The lowest BCUT2D eigenvalue weighted by molar-refractivity contribution is -0.123. The Balaban J connectivity index is 1.69. The Labute approximate surface area is 128 Å². The van der Waals surface area contributed by atoms with Gasteiger partial charge in [0.15, 0.2) is 0 Å². The van der Waals surface area contributed by atoms with Crippen LogP contribution in [0.3, 0.4) is 0 Å². The minimum atomic E-state index is -0.116. The van der Waals surface area contributed by atoms with Gasteiger partial charge in [0.25, 0.3) is 0 Å². The average molecular weight is 307 g/mol. The second-order valence-electron chi connectivity index (χ2n) is 5.76. The van der Waals surface area contributed by atoms with Gasteiger partial charge in [0.1, 0.15) is 6.54 Å². The summed E-state index contributed by atoms with van der Waals surface area (Å²) in [6.07, 6.45) is 4.83. The molecule has 1 aliphatic carbocycles. The molecule has 6 heteroatoms. The van der Waals surface area contributed by atoms with Crippen LogP contribution in [0.1, 0.15) is 36.6 Å². The zero-order valence-corrected chi connectivity index (χ0v) is 12.8. The SMILES string of the molecule is O=C1CN(C(=O)N[C@@H](c2cccs2)C2CCCC2)CCN1. The summed E-state index contributed by atoms with van der Waals surface area (Å²) < 4.78 is 0. The van der Waals surface area contributed by atoms with E-state index in [1.165, 1.54) is 30.6 Å². The summed E-state index contributed by atoms with van der Waals surface area (Å²) in [7, 11) is 0. The normalized spacial score (nSPS) is 21.1. The van der Waals surface area contributed by atoms with Crippen molar-refractivity contribution in [3.8, 4) is 0 Å². The molecule has 0 spiro atoms. The maximum atomic E-state index is 12.4. The molecule has 0 bridgehead atoms. The third kappa shape index (κ3) is 3.37. The first kappa shape index (κ1) is 14.4. The Bertz CT molecular complexity index is 497. The van der Waals surface area contributed by atoms with Crippen molar-refractivity contribution in [3.63, 3.8) is 0 Å². The van der Waals surface area contributed by atoms with Crippen LogP contribution in [-0.2, 0) is 4.79 Å². The van der Waals surface area contributed by atoms with Crippen LogP contribution < -0.4 is 10.6 Å². The molecule has 0 radical (unpaired) electrons. The molecule has 0 unspecified atom stereocenters. The summed E-state index contributed by atoms with van der Waals surface area (Å²) >= 11 is 1.69. The van der Waals surface area contributed by atoms with Gasteiger partial charge in [-0.15, -0.1) is 11.3 Å². The van der Waals surface area contributed by atoms with Crippen molar-refractivity contribution < 1.29 is 9.59 Å². The number of nitrogens with zero attached hydrogens (tertiary/aromatic N) is 1. The highest BCUT2D eigenvalue weighted by molar-refractivity contribution is 7.10. The van der Waals surface area contributed by atoms with Gasteiger partial charge in [-0.2, -0.15) is 0 Å². The first-order chi connectivity index (χ1) is 10.2. The predicted molar refractivity (Wildman–Crippen MR) is 82.1 cm³/mol. The van der Waals surface area contributed by atoms with Crippen LogP contribution in [-0.4, -0.2) is 36.5 Å². The fourth-order valence-corrected chi connectivity index (χ4v) is 4.09. The summed E-state index contributed by atoms with van der Waals surface area (Å²) in [6, 6.07) is 4.10. The lowest BCUT2D eigenvalue weighted by Crippen LogP contribution is -2.53. The summed E-state index contributed by atoms with van der Waals surface area (Å²) in [4.78, 5) is 26.7. The van der Waals surface area contributed by atoms with Crippen molar-refractivity contribution in [1.29, 1.82) is 0 Å². The van der Waals surface area contributed by atoms with E-state index in [1.807, 2.05) is 6.07 Å². The van der Waals surface area contributed by atoms with E-state index in [-0.39, 0.29) is 24.5 Å². The van der Waals surface area contributed by atoms with Crippen LogP contribution in [0.5, 0.6) is 0 Å². The number of hydrogen-bond donors (Lipinski definition) is 2. The molecule has 1 atom stereocenters. The molecule has 3 amide bonds. The predicted octanol–water partition coefficient (Wildman–Crippen LogP) is 2.12. The molecule has 1 aliphatic heterocycles. The minimum absolute atomic E-state index is 0.0788. The third-order valence-electron chi connectivity index (χ3n) is 4.33. The number of nitrogens with one attached hydrogen (secondary N) is 2. The second-order valence-corrected chi connectivity index (χ2v) is 6.74. The Kier molecular flexibility index (Phi) is 4.43. The Hall–Kier alpha value is -1.56. The molecule has 114 valence electrons. The summed E-state index contributed by atoms with van der Waals surface area (Å²) in [6.45, 7) is 1.28. The lowest BCUT2D eigenvalue weighted by atomic mass is 9.97. The number of hydrogen-bond acceptors (Lipinski definition) is 3. The first-order valence-corrected chi connectivity index (χ1v) is 8.47. The molecule has 2 aliphatic rings. The van der Waals surface area contributed by atoms with Crippen LogP contribution in [0, 0.1) is 5.92 Å². The van der Waals surface area contributed by atoms with Gasteiger partial charge in [0.2, 0.25) is 5.91 Å². The van der Waals surface area contributed by atoms with Crippen molar-refractivity contribution in [3.05, 3.63) is 22.4 Å². The van der Waals surface area contributed by atoms with Crippen LogP contribution in [0.2, 0.25) is 0 Å². The first-order valence-electron chi connectivity index (χ1n) is 7.59. The van der Waals surface area contributed by atoms with Crippen molar-refractivity contribution in [2.24, 2.45) is 5.92 Å². The van der Waals surface area contributed by atoms with Crippen molar-refractivity contribution in [2.45, 2.75) is 31.7 Å². The molecular formula is C15H21N3O2S. The molecule has 21 heavy (non-hydrogen) atoms. The number of thiophene rings is 1. The number of carbonyl (C=O) groups excluding carboxylic acids is 2.